The Morgan fingerprint density at radius 1 is 1.12 bits per heavy atom. The van der Waals surface area contributed by atoms with Crippen molar-refractivity contribution in [1.29, 1.82) is 0 Å². The topological polar surface area (TPSA) is 91.1 Å². The van der Waals surface area contributed by atoms with Crippen LogP contribution in [0.25, 0.3) is 0 Å². The van der Waals surface area contributed by atoms with E-state index in [-0.39, 0.29) is 19.0 Å². The van der Waals surface area contributed by atoms with E-state index in [0.29, 0.717) is 56.6 Å². The van der Waals surface area contributed by atoms with E-state index in [1.165, 1.54) is 12.1 Å². The molecule has 0 amide bonds. The Hall–Kier alpha value is -3.21. The van der Waals surface area contributed by atoms with Gasteiger partial charge in [-0.05, 0) is 29.8 Å². The standard InChI is InChI=1S/C24H29FN4O5/c1-31-23-11-19(5-6-22(23)33-10-8-29-17-26-27-18-29)13-28-7-9-32-15-24(30,14-28)16-34-21-4-2-3-20(25)12-21/h2-6,11-12,17-18,30H,7-10,13-16H2,1H3/t24-/m0/s1. The van der Waals surface area contributed by atoms with E-state index in [4.69, 9.17) is 18.9 Å². The van der Waals surface area contributed by atoms with E-state index >= 15 is 0 Å². The van der Waals surface area contributed by atoms with Gasteiger partial charge in [-0.3, -0.25) is 4.90 Å². The maximum Gasteiger partial charge on any atom is 0.161 e. The first-order valence-electron chi connectivity index (χ1n) is 11.1. The van der Waals surface area contributed by atoms with Gasteiger partial charge < -0.3 is 28.6 Å². The lowest BCUT2D eigenvalue weighted by Gasteiger charge is -2.30. The van der Waals surface area contributed by atoms with Crippen molar-refractivity contribution in [2.75, 3.05) is 46.6 Å². The van der Waals surface area contributed by atoms with Crippen molar-refractivity contribution in [3.8, 4) is 17.2 Å². The van der Waals surface area contributed by atoms with Crippen molar-refractivity contribution >= 4 is 0 Å². The zero-order chi connectivity index (χ0) is 23.8. The van der Waals surface area contributed by atoms with E-state index < -0.39 is 5.60 Å². The lowest BCUT2D eigenvalue weighted by atomic mass is 10.1. The molecule has 0 aliphatic carbocycles. The molecule has 1 aliphatic heterocycles. The SMILES string of the molecule is COc1cc(CN2CCOC[C@](O)(COc3cccc(F)c3)C2)ccc1OCCn1cnnc1. The molecule has 0 spiro atoms. The van der Waals surface area contributed by atoms with Gasteiger partial charge in [-0.25, -0.2) is 4.39 Å². The van der Waals surface area contributed by atoms with Crippen molar-refractivity contribution in [3.05, 3.63) is 66.5 Å². The molecule has 2 aromatic carbocycles. The van der Waals surface area contributed by atoms with Crippen LogP contribution in [0, 0.1) is 5.82 Å². The molecule has 2 heterocycles. The largest absolute Gasteiger partial charge is 0.493 e. The summed E-state index contributed by atoms with van der Waals surface area (Å²) in [6.07, 6.45) is 3.28. The zero-order valence-corrected chi connectivity index (χ0v) is 19.1. The van der Waals surface area contributed by atoms with Gasteiger partial charge in [0.05, 0.1) is 26.9 Å². The van der Waals surface area contributed by atoms with Crippen LogP contribution in [0.1, 0.15) is 5.56 Å². The summed E-state index contributed by atoms with van der Waals surface area (Å²) in [5.41, 5.74) is -0.212. The van der Waals surface area contributed by atoms with E-state index in [0.717, 1.165) is 5.56 Å². The Morgan fingerprint density at radius 2 is 1.97 bits per heavy atom. The summed E-state index contributed by atoms with van der Waals surface area (Å²) in [6.45, 7) is 3.30. The van der Waals surface area contributed by atoms with Crippen molar-refractivity contribution in [3.63, 3.8) is 0 Å². The summed E-state index contributed by atoms with van der Waals surface area (Å²) in [5.74, 6) is 1.27. The average Bonchev–Trinajstić information content (AvgIpc) is 3.28. The van der Waals surface area contributed by atoms with Crippen LogP contribution in [-0.4, -0.2) is 77.0 Å². The molecule has 1 aromatic heterocycles. The summed E-state index contributed by atoms with van der Waals surface area (Å²) in [7, 11) is 1.61. The summed E-state index contributed by atoms with van der Waals surface area (Å²) in [4.78, 5) is 2.10. The summed E-state index contributed by atoms with van der Waals surface area (Å²) >= 11 is 0. The molecule has 4 rings (SSSR count). The number of hydrogen-bond donors (Lipinski definition) is 1. The monoisotopic (exact) mass is 472 g/mol. The second-order valence-corrected chi connectivity index (χ2v) is 8.27. The molecule has 182 valence electrons. The lowest BCUT2D eigenvalue weighted by molar-refractivity contribution is -0.0647. The number of ether oxygens (including phenoxy) is 4. The number of β-amino-alcohol motifs (C(OH)–C–C–N with tert-alkyl or cyclic N) is 1. The maximum atomic E-state index is 13.4. The van der Waals surface area contributed by atoms with Gasteiger partial charge in [-0.1, -0.05) is 12.1 Å². The average molecular weight is 473 g/mol. The highest BCUT2D eigenvalue weighted by molar-refractivity contribution is 5.43. The molecule has 0 unspecified atom stereocenters. The molecule has 1 N–H and O–H groups in total. The minimum Gasteiger partial charge on any atom is -0.493 e. The molecule has 0 saturated carbocycles. The number of hydrogen-bond acceptors (Lipinski definition) is 8. The maximum absolute atomic E-state index is 13.4. The van der Waals surface area contributed by atoms with Crippen LogP contribution in [-0.2, 0) is 17.8 Å². The smallest absolute Gasteiger partial charge is 0.161 e. The van der Waals surface area contributed by atoms with Gasteiger partial charge in [-0.2, -0.15) is 0 Å². The lowest BCUT2D eigenvalue weighted by Crippen LogP contribution is -2.48. The third-order valence-corrected chi connectivity index (χ3v) is 5.45. The third-order valence-electron chi connectivity index (χ3n) is 5.45. The van der Waals surface area contributed by atoms with Gasteiger partial charge >= 0.3 is 0 Å². The van der Waals surface area contributed by atoms with Gasteiger partial charge in [0.1, 0.15) is 43.0 Å². The third kappa shape index (κ3) is 6.66. The highest BCUT2D eigenvalue weighted by Gasteiger charge is 2.33. The Labute approximate surface area is 197 Å². The normalized spacial score (nSPS) is 18.9. The number of aromatic nitrogens is 3. The molecule has 1 saturated heterocycles. The first kappa shape index (κ1) is 23.9. The second-order valence-electron chi connectivity index (χ2n) is 8.27. The van der Waals surface area contributed by atoms with Gasteiger partial charge in [0.15, 0.2) is 11.5 Å². The van der Waals surface area contributed by atoms with Gasteiger partial charge in [0.2, 0.25) is 0 Å². The molecule has 1 aliphatic rings. The summed E-state index contributed by atoms with van der Waals surface area (Å²) < 4.78 is 37.9. The molecular formula is C24H29FN4O5. The molecule has 34 heavy (non-hydrogen) atoms. The quantitative estimate of drug-likeness (QED) is 0.480. The fourth-order valence-corrected chi connectivity index (χ4v) is 3.78. The van der Waals surface area contributed by atoms with Crippen molar-refractivity contribution in [2.24, 2.45) is 0 Å². The first-order valence-corrected chi connectivity index (χ1v) is 11.1. The van der Waals surface area contributed by atoms with Crippen LogP contribution < -0.4 is 14.2 Å². The predicted molar refractivity (Wildman–Crippen MR) is 121 cm³/mol. The molecule has 1 atom stereocenters. The minimum absolute atomic E-state index is 0.00448. The number of rotatable bonds is 10. The zero-order valence-electron chi connectivity index (χ0n) is 19.1. The second kappa shape index (κ2) is 11.3. The van der Waals surface area contributed by atoms with E-state index in [1.54, 1.807) is 31.9 Å². The number of benzene rings is 2. The molecule has 9 nitrogen and oxygen atoms in total. The highest BCUT2D eigenvalue weighted by atomic mass is 19.1. The number of nitrogens with zero attached hydrogens (tertiary/aromatic N) is 4. The van der Waals surface area contributed by atoms with Crippen LogP contribution in [0.15, 0.2) is 55.1 Å². The Kier molecular flexibility index (Phi) is 7.94. The van der Waals surface area contributed by atoms with Gasteiger partial charge in [-0.15, -0.1) is 10.2 Å². The van der Waals surface area contributed by atoms with Crippen LogP contribution in [0.4, 0.5) is 4.39 Å². The highest BCUT2D eigenvalue weighted by Crippen LogP contribution is 2.29. The van der Waals surface area contributed by atoms with Crippen LogP contribution in [0.2, 0.25) is 0 Å². The number of aliphatic hydroxyl groups is 1. The van der Waals surface area contributed by atoms with Crippen molar-refractivity contribution in [1.82, 2.24) is 19.7 Å². The molecule has 3 aromatic rings. The fourth-order valence-electron chi connectivity index (χ4n) is 3.78. The summed E-state index contributed by atoms with van der Waals surface area (Å²) in [6, 6.07) is 11.7. The fraction of sp³-hybridized carbons (Fsp3) is 0.417. The van der Waals surface area contributed by atoms with E-state index in [9.17, 15) is 9.50 Å². The van der Waals surface area contributed by atoms with Gasteiger partial charge in [0.25, 0.3) is 0 Å². The van der Waals surface area contributed by atoms with Crippen molar-refractivity contribution in [2.45, 2.75) is 18.7 Å². The molecule has 1 fully saturated rings. The predicted octanol–water partition coefficient (Wildman–Crippen LogP) is 2.15. The number of methoxy groups -OCH3 is 1. The molecule has 10 heteroatoms. The van der Waals surface area contributed by atoms with Crippen molar-refractivity contribution < 1.29 is 28.4 Å². The van der Waals surface area contributed by atoms with E-state index in [1.807, 2.05) is 22.8 Å². The molecular weight excluding hydrogens is 443 g/mol. The molecule has 0 radical (unpaired) electrons. The van der Waals surface area contributed by atoms with Gasteiger partial charge in [0, 0.05) is 25.7 Å². The first-order chi connectivity index (χ1) is 16.5. The van der Waals surface area contributed by atoms with Crippen LogP contribution in [0.3, 0.4) is 0 Å². The number of halogens is 1. The Bertz CT molecular complexity index is 1050. The van der Waals surface area contributed by atoms with E-state index in [2.05, 4.69) is 15.1 Å². The molecule has 0 bridgehead atoms. The minimum atomic E-state index is -1.22. The Morgan fingerprint density at radius 3 is 2.76 bits per heavy atom. The van der Waals surface area contributed by atoms with Crippen LogP contribution >= 0.6 is 0 Å². The van der Waals surface area contributed by atoms with Crippen LogP contribution in [0.5, 0.6) is 17.2 Å². The Balaban J connectivity index is 1.35. The summed E-state index contributed by atoms with van der Waals surface area (Å²) in [5, 5.41) is 18.7.